The van der Waals surface area contributed by atoms with Gasteiger partial charge in [-0.3, -0.25) is 19.5 Å². The summed E-state index contributed by atoms with van der Waals surface area (Å²) in [4.78, 5) is 28.8. The minimum Gasteiger partial charge on any atom is -0.326 e. The lowest BCUT2D eigenvalue weighted by molar-refractivity contribution is -0.123. The van der Waals surface area contributed by atoms with E-state index < -0.39 is 6.04 Å². The summed E-state index contributed by atoms with van der Waals surface area (Å²) in [7, 11) is 0. The summed E-state index contributed by atoms with van der Waals surface area (Å²) in [5, 5.41) is 5.37. The van der Waals surface area contributed by atoms with Gasteiger partial charge >= 0.3 is 0 Å². The van der Waals surface area contributed by atoms with Crippen LogP contribution in [0.5, 0.6) is 0 Å². The number of aromatic nitrogens is 2. The lowest BCUT2D eigenvalue weighted by atomic mass is 10.1. The standard InChI is InChI=1S/C17H13FN4O2/c18-10-5-7-11(8-6-10)19-15(23)9-14-16(24)21-17-20-12-3-1-2-4-13(12)22(14)17/h1-8,14H,9H2,(H,19,23)(H,20,21,24). The molecule has 1 atom stereocenters. The molecule has 120 valence electrons. The van der Waals surface area contributed by atoms with Gasteiger partial charge in [0.05, 0.1) is 17.5 Å². The Bertz CT molecular complexity index is 949. The Morgan fingerprint density at radius 3 is 2.75 bits per heavy atom. The lowest BCUT2D eigenvalue weighted by Gasteiger charge is -2.12. The molecule has 1 aliphatic heterocycles. The number of nitrogens with one attached hydrogen (secondary N) is 2. The number of hydrogen-bond acceptors (Lipinski definition) is 3. The van der Waals surface area contributed by atoms with Crippen LogP contribution in [-0.4, -0.2) is 21.4 Å². The number of imidazole rings is 1. The van der Waals surface area contributed by atoms with Crippen LogP contribution in [0.4, 0.5) is 16.0 Å². The van der Waals surface area contributed by atoms with Crippen molar-refractivity contribution in [2.75, 3.05) is 10.6 Å². The highest BCUT2D eigenvalue weighted by atomic mass is 19.1. The number of rotatable bonds is 3. The Kier molecular flexibility index (Phi) is 3.26. The zero-order valence-electron chi connectivity index (χ0n) is 12.5. The van der Waals surface area contributed by atoms with E-state index in [1.807, 2.05) is 24.3 Å². The SMILES string of the molecule is O=C(CC1C(=O)Nc2nc3ccccc3n21)Nc1ccc(F)cc1. The number of benzene rings is 2. The van der Waals surface area contributed by atoms with Gasteiger partial charge in [-0.2, -0.15) is 0 Å². The van der Waals surface area contributed by atoms with Crippen LogP contribution < -0.4 is 10.6 Å². The predicted octanol–water partition coefficient (Wildman–Crippen LogP) is 2.70. The molecule has 7 heteroatoms. The van der Waals surface area contributed by atoms with Gasteiger partial charge in [0.1, 0.15) is 11.9 Å². The van der Waals surface area contributed by atoms with Gasteiger partial charge in [0.25, 0.3) is 0 Å². The van der Waals surface area contributed by atoms with E-state index in [2.05, 4.69) is 15.6 Å². The zero-order chi connectivity index (χ0) is 16.7. The average molecular weight is 324 g/mol. The van der Waals surface area contributed by atoms with E-state index in [1.54, 1.807) is 4.57 Å². The second-order valence-corrected chi connectivity index (χ2v) is 5.56. The molecule has 4 rings (SSSR count). The molecule has 1 aromatic heterocycles. The van der Waals surface area contributed by atoms with E-state index >= 15 is 0 Å². The normalized spacial score (nSPS) is 16.0. The van der Waals surface area contributed by atoms with E-state index in [1.165, 1.54) is 24.3 Å². The molecule has 0 aliphatic carbocycles. The van der Waals surface area contributed by atoms with Crippen LogP contribution in [0.15, 0.2) is 48.5 Å². The Hall–Kier alpha value is -3.22. The maximum absolute atomic E-state index is 12.9. The Morgan fingerprint density at radius 2 is 1.96 bits per heavy atom. The van der Waals surface area contributed by atoms with Crippen LogP contribution in [0.3, 0.4) is 0 Å². The molecule has 1 unspecified atom stereocenters. The number of carbonyl (C=O) groups excluding carboxylic acids is 2. The Morgan fingerprint density at radius 1 is 1.21 bits per heavy atom. The van der Waals surface area contributed by atoms with Gasteiger partial charge in [-0.25, -0.2) is 9.37 Å². The third kappa shape index (κ3) is 2.40. The third-order valence-electron chi connectivity index (χ3n) is 3.95. The molecular formula is C17H13FN4O2. The number of fused-ring (bicyclic) bond motifs is 3. The fourth-order valence-electron chi connectivity index (χ4n) is 2.86. The van der Waals surface area contributed by atoms with Gasteiger partial charge < -0.3 is 5.32 Å². The van der Waals surface area contributed by atoms with E-state index in [9.17, 15) is 14.0 Å². The second-order valence-electron chi connectivity index (χ2n) is 5.56. The van der Waals surface area contributed by atoms with Gasteiger partial charge in [-0.05, 0) is 36.4 Å². The molecule has 0 saturated heterocycles. The summed E-state index contributed by atoms with van der Waals surface area (Å²) in [6.07, 6.45) is -0.0312. The quantitative estimate of drug-likeness (QED) is 0.778. The Balaban J connectivity index is 1.58. The summed E-state index contributed by atoms with van der Waals surface area (Å²) in [6.45, 7) is 0. The van der Waals surface area contributed by atoms with Crippen molar-refractivity contribution in [3.05, 3.63) is 54.3 Å². The van der Waals surface area contributed by atoms with Crippen molar-refractivity contribution in [3.63, 3.8) is 0 Å². The highest BCUT2D eigenvalue weighted by Crippen LogP contribution is 2.32. The number of para-hydroxylation sites is 2. The van der Waals surface area contributed by atoms with E-state index in [0.29, 0.717) is 11.6 Å². The van der Waals surface area contributed by atoms with Gasteiger partial charge in [0.2, 0.25) is 17.8 Å². The number of hydrogen-bond donors (Lipinski definition) is 2. The first-order valence-electron chi connectivity index (χ1n) is 7.45. The van der Waals surface area contributed by atoms with Crippen LogP contribution in [0.1, 0.15) is 12.5 Å². The fraction of sp³-hybridized carbons (Fsp3) is 0.118. The highest BCUT2D eigenvalue weighted by molar-refractivity contribution is 6.03. The van der Waals surface area contributed by atoms with Crippen LogP contribution in [0.2, 0.25) is 0 Å². The molecular weight excluding hydrogens is 311 g/mol. The first-order valence-corrected chi connectivity index (χ1v) is 7.45. The number of nitrogens with zero attached hydrogens (tertiary/aromatic N) is 2. The first kappa shape index (κ1) is 14.4. The molecule has 0 radical (unpaired) electrons. The largest absolute Gasteiger partial charge is 0.326 e. The van der Waals surface area contributed by atoms with E-state index in [4.69, 9.17) is 0 Å². The summed E-state index contributed by atoms with van der Waals surface area (Å²) >= 11 is 0. The van der Waals surface area contributed by atoms with Crippen LogP contribution in [-0.2, 0) is 9.59 Å². The molecule has 0 fully saturated rings. The van der Waals surface area contributed by atoms with Crippen LogP contribution in [0.25, 0.3) is 11.0 Å². The minimum absolute atomic E-state index is 0.0312. The Labute approximate surface area is 136 Å². The first-order chi connectivity index (χ1) is 11.6. The molecule has 3 aromatic rings. The molecule has 0 saturated carbocycles. The van der Waals surface area contributed by atoms with Gasteiger partial charge in [-0.1, -0.05) is 12.1 Å². The van der Waals surface area contributed by atoms with Crippen molar-refractivity contribution in [2.45, 2.75) is 12.5 Å². The van der Waals surface area contributed by atoms with Gasteiger partial charge in [0, 0.05) is 5.69 Å². The van der Waals surface area contributed by atoms with Gasteiger partial charge in [0.15, 0.2) is 0 Å². The monoisotopic (exact) mass is 324 g/mol. The van der Waals surface area contributed by atoms with Crippen molar-refractivity contribution >= 4 is 34.5 Å². The molecule has 0 bridgehead atoms. The average Bonchev–Trinajstić information content (AvgIpc) is 3.06. The molecule has 2 amide bonds. The van der Waals surface area contributed by atoms with Crippen molar-refractivity contribution in [1.82, 2.24) is 9.55 Å². The number of amides is 2. The molecule has 6 nitrogen and oxygen atoms in total. The predicted molar refractivity (Wildman–Crippen MR) is 87.0 cm³/mol. The third-order valence-corrected chi connectivity index (χ3v) is 3.95. The van der Waals surface area contributed by atoms with Crippen molar-refractivity contribution in [1.29, 1.82) is 0 Å². The summed E-state index contributed by atoms with van der Waals surface area (Å²) in [5.74, 6) is -0.525. The van der Waals surface area contributed by atoms with E-state index in [0.717, 1.165) is 11.0 Å². The highest BCUT2D eigenvalue weighted by Gasteiger charge is 2.34. The summed E-state index contributed by atoms with van der Waals surface area (Å²) < 4.78 is 14.6. The molecule has 0 spiro atoms. The maximum atomic E-state index is 12.9. The summed E-state index contributed by atoms with van der Waals surface area (Å²) in [6, 6.07) is 12.2. The van der Waals surface area contributed by atoms with Crippen LogP contribution >= 0.6 is 0 Å². The minimum atomic E-state index is -0.659. The molecule has 2 N–H and O–H groups in total. The molecule has 2 aromatic carbocycles. The number of carbonyl (C=O) groups is 2. The lowest BCUT2D eigenvalue weighted by Crippen LogP contribution is -2.23. The molecule has 24 heavy (non-hydrogen) atoms. The number of halogens is 1. The van der Waals surface area contributed by atoms with Crippen LogP contribution in [0, 0.1) is 5.82 Å². The molecule has 1 aliphatic rings. The van der Waals surface area contributed by atoms with Crippen molar-refractivity contribution < 1.29 is 14.0 Å². The summed E-state index contributed by atoms with van der Waals surface area (Å²) in [5.41, 5.74) is 2.04. The van der Waals surface area contributed by atoms with Gasteiger partial charge in [-0.15, -0.1) is 0 Å². The maximum Gasteiger partial charge on any atom is 0.250 e. The second kappa shape index (κ2) is 5.45. The van der Waals surface area contributed by atoms with Crippen molar-refractivity contribution in [3.8, 4) is 0 Å². The molecule has 2 heterocycles. The number of anilines is 2. The zero-order valence-corrected chi connectivity index (χ0v) is 12.5. The fourth-order valence-corrected chi connectivity index (χ4v) is 2.86. The van der Waals surface area contributed by atoms with Crippen molar-refractivity contribution in [2.24, 2.45) is 0 Å². The topological polar surface area (TPSA) is 76.0 Å². The van der Waals surface area contributed by atoms with E-state index in [-0.39, 0.29) is 24.1 Å². The smallest absolute Gasteiger partial charge is 0.250 e.